The van der Waals surface area contributed by atoms with Crippen LogP contribution in [0.25, 0.3) is 0 Å². The van der Waals surface area contributed by atoms with Gasteiger partial charge in [-0.2, -0.15) is 13.5 Å². The molecule has 2 unspecified atom stereocenters. The molecular formula is H8N4O8P4PbS. The predicted molar refractivity (Wildman–Crippen MR) is 59.0 cm³/mol. The van der Waals surface area contributed by atoms with E-state index in [2.05, 4.69) is 11.0 Å². The summed E-state index contributed by atoms with van der Waals surface area (Å²) >= 11 is 0. The van der Waals surface area contributed by atoms with Gasteiger partial charge in [0.25, 0.3) is 0 Å². The van der Waals surface area contributed by atoms with Crippen molar-refractivity contribution in [3.8, 4) is 0 Å². The molecule has 0 rings (SSSR count). The molecule has 6 N–H and O–H groups in total. The SMILES string of the molecule is N=[P+]([O-])[O-].N=[P+]([O-])[O-].N[P+](=O)[O-].N[P+](=O)[O-].S.[Pb+2]. The standard InChI is InChI=1S/4H2NO2P.Pb.H2S/c4*1-4(2)3;;/h4*(H2,1,2,3);;1H2/q;;;;+2;/p-2. The third kappa shape index (κ3) is 2540. The van der Waals surface area contributed by atoms with Crippen molar-refractivity contribution in [1.29, 1.82) is 10.3 Å². The van der Waals surface area contributed by atoms with Crippen LogP contribution < -0.4 is 40.4 Å². The van der Waals surface area contributed by atoms with Gasteiger partial charge >= 0.3 is 43.7 Å². The molecule has 0 aliphatic rings. The van der Waals surface area contributed by atoms with Crippen LogP contribution in [-0.4, -0.2) is 27.3 Å². The topological polar surface area (TPSA) is 272 Å². The second kappa shape index (κ2) is 31.0. The minimum Gasteiger partial charge on any atom is -0.615 e. The van der Waals surface area contributed by atoms with E-state index in [1.165, 1.54) is 0 Å². The van der Waals surface area contributed by atoms with Gasteiger partial charge in [0, 0.05) is 0 Å². The van der Waals surface area contributed by atoms with E-state index in [0.29, 0.717) is 0 Å². The van der Waals surface area contributed by atoms with Crippen LogP contribution in [0.4, 0.5) is 0 Å². The molecule has 18 heteroatoms. The van der Waals surface area contributed by atoms with Crippen molar-refractivity contribution in [2.45, 2.75) is 0 Å². The van der Waals surface area contributed by atoms with Crippen molar-refractivity contribution >= 4 is 73.5 Å². The molecule has 0 fully saturated rings. The van der Waals surface area contributed by atoms with Crippen LogP contribution in [0, 0.1) is 10.3 Å². The van der Waals surface area contributed by atoms with Crippen molar-refractivity contribution in [3.05, 3.63) is 0 Å². The number of hydrogen-bond donors (Lipinski definition) is 4. The fourth-order valence-corrected chi connectivity index (χ4v) is 0. The van der Waals surface area contributed by atoms with Gasteiger partial charge in [-0.25, -0.2) is 0 Å². The third-order valence-electron chi connectivity index (χ3n) is 0. The molecule has 18 heavy (non-hydrogen) atoms. The average molecular weight is 555 g/mol. The monoisotopic (exact) mass is 556 g/mol. The van der Waals surface area contributed by atoms with Gasteiger partial charge in [-0.05, 0) is 0 Å². The van der Waals surface area contributed by atoms with Crippen LogP contribution in [0.15, 0.2) is 0 Å². The molecule has 0 amide bonds. The first kappa shape index (κ1) is 36.6. The Morgan fingerprint density at radius 3 is 0.722 bits per heavy atom. The number of nitrogens with one attached hydrogen (secondary N) is 2. The molecule has 0 aromatic carbocycles. The Labute approximate surface area is 133 Å². The normalized spacial score (nSPS) is 7.78. The van der Waals surface area contributed by atoms with Gasteiger partial charge in [0.05, 0.1) is 0 Å². The van der Waals surface area contributed by atoms with Crippen LogP contribution >= 0.6 is 46.2 Å². The Balaban J connectivity index is -0.0000000257. The summed E-state index contributed by atoms with van der Waals surface area (Å²) in [6, 6.07) is 0. The zero-order chi connectivity index (χ0) is 14.3. The first-order valence-corrected chi connectivity index (χ1v) is 7.27. The molecule has 0 bridgehead atoms. The first-order chi connectivity index (χ1) is 6.93. The van der Waals surface area contributed by atoms with E-state index in [-0.39, 0.29) is 40.8 Å². The maximum atomic E-state index is 8.81. The van der Waals surface area contributed by atoms with Gasteiger partial charge in [-0.1, -0.05) is 9.13 Å². The van der Waals surface area contributed by atoms with Gasteiger partial charge in [0.15, 0.2) is 0 Å². The van der Waals surface area contributed by atoms with Crippen molar-refractivity contribution in [2.75, 3.05) is 0 Å². The van der Waals surface area contributed by atoms with Crippen molar-refractivity contribution in [1.82, 2.24) is 0 Å². The Hall–Kier alpha value is 1.35. The quantitative estimate of drug-likeness (QED) is 0.164. The summed E-state index contributed by atoms with van der Waals surface area (Å²) in [7, 11) is -11.0. The molecule has 0 heterocycles. The molecule has 0 aromatic heterocycles. The Morgan fingerprint density at radius 2 is 0.722 bits per heavy atom. The maximum Gasteiger partial charge on any atom is 2.00 e. The second-order valence-electron chi connectivity index (χ2n) is 1.08. The van der Waals surface area contributed by atoms with E-state index < -0.39 is 32.7 Å². The minimum atomic E-state index is -2.87. The molecule has 0 saturated carbocycles. The molecule has 12 nitrogen and oxygen atoms in total. The Kier molecular flexibility index (Phi) is 63.0. The van der Waals surface area contributed by atoms with E-state index in [0.717, 1.165) is 0 Å². The van der Waals surface area contributed by atoms with Crippen LogP contribution in [0.1, 0.15) is 0 Å². The maximum absolute atomic E-state index is 8.81. The number of nitrogens with two attached hydrogens (primary N) is 2. The van der Waals surface area contributed by atoms with E-state index in [9.17, 15) is 0 Å². The van der Waals surface area contributed by atoms with E-state index in [1.54, 1.807) is 0 Å². The molecule has 0 aromatic rings. The predicted octanol–water partition coefficient (Wildman–Crippen LogP) is -4.78. The second-order valence-corrected chi connectivity index (χ2v) is 3.25. The summed E-state index contributed by atoms with van der Waals surface area (Å²) in [6.07, 6.45) is 0. The smallest absolute Gasteiger partial charge is 0.615 e. The van der Waals surface area contributed by atoms with Crippen molar-refractivity contribution in [2.24, 2.45) is 11.0 Å². The van der Waals surface area contributed by atoms with Crippen LogP contribution in [0.2, 0.25) is 0 Å². The summed E-state index contributed by atoms with van der Waals surface area (Å²) in [5, 5.41) is 11.1. The van der Waals surface area contributed by atoms with E-state index in [4.69, 9.17) is 48.8 Å². The van der Waals surface area contributed by atoms with Crippen LogP contribution in [0.5, 0.6) is 0 Å². The molecule has 2 atom stereocenters. The molecule has 0 aliphatic heterocycles. The largest absolute Gasteiger partial charge is 2.00 e. The summed E-state index contributed by atoms with van der Waals surface area (Å²) in [5.41, 5.74) is 8.13. The van der Waals surface area contributed by atoms with Crippen molar-refractivity contribution in [3.63, 3.8) is 0 Å². The van der Waals surface area contributed by atoms with Gasteiger partial charge in [-0.3, -0.25) is 0 Å². The zero-order valence-corrected chi connectivity index (χ0v) is 16.7. The van der Waals surface area contributed by atoms with Gasteiger partial charge < -0.3 is 29.4 Å². The van der Waals surface area contributed by atoms with Crippen LogP contribution in [-0.2, 0) is 9.13 Å². The van der Waals surface area contributed by atoms with Gasteiger partial charge in [0.2, 0.25) is 0 Å². The molecule has 2 radical (unpaired) electrons. The molecular weight excluding hydrogens is 547 g/mol. The Bertz CT molecular complexity index is 175. The molecule has 0 spiro atoms. The van der Waals surface area contributed by atoms with Crippen LogP contribution in [0.3, 0.4) is 0 Å². The average Bonchev–Trinajstić information content (AvgIpc) is 1.76. The first-order valence-electron chi connectivity index (χ1n) is 2.42. The minimum absolute atomic E-state index is 0. The zero-order valence-electron chi connectivity index (χ0n) is 8.21. The van der Waals surface area contributed by atoms with Gasteiger partial charge in [-0.15, -0.1) is 21.3 Å². The summed E-state index contributed by atoms with van der Waals surface area (Å²) in [6.45, 7) is 0. The van der Waals surface area contributed by atoms with E-state index >= 15 is 0 Å². The number of hydrogen-bond acceptors (Lipinski definition) is 10. The third-order valence-corrected chi connectivity index (χ3v) is 0. The molecule has 0 saturated heterocycles. The molecule has 0 aliphatic carbocycles. The van der Waals surface area contributed by atoms with Gasteiger partial charge in [0.1, 0.15) is 16.3 Å². The number of rotatable bonds is 0. The Morgan fingerprint density at radius 1 is 0.722 bits per heavy atom. The fourth-order valence-electron chi connectivity index (χ4n) is 0. The van der Waals surface area contributed by atoms with Crippen molar-refractivity contribution < 1.29 is 38.5 Å². The fraction of sp³-hybridized carbons (Fsp3) is 0. The van der Waals surface area contributed by atoms with E-state index in [1.807, 2.05) is 0 Å². The summed E-state index contributed by atoms with van der Waals surface area (Å²) in [4.78, 5) is 52.4. The summed E-state index contributed by atoms with van der Waals surface area (Å²) < 4.78 is 17.6. The summed E-state index contributed by atoms with van der Waals surface area (Å²) in [5.74, 6) is 0. The molecule has 106 valence electrons.